The van der Waals surface area contributed by atoms with E-state index in [1.165, 1.54) is 0 Å². The molecule has 1 aromatic heterocycles. The predicted octanol–water partition coefficient (Wildman–Crippen LogP) is 3.46. The number of rotatable bonds is 8. The fraction of sp³-hybridized carbons (Fsp3) is 0.667. The average molecular weight is 285 g/mol. The van der Waals surface area contributed by atoms with Crippen molar-refractivity contribution >= 4 is 11.6 Å². The van der Waals surface area contributed by atoms with Gasteiger partial charge in [0.2, 0.25) is 0 Å². The Morgan fingerprint density at radius 2 is 2.21 bits per heavy atom. The summed E-state index contributed by atoms with van der Waals surface area (Å²) in [5.74, 6) is 0. The summed E-state index contributed by atoms with van der Waals surface area (Å²) in [6, 6.07) is 2.22. The van der Waals surface area contributed by atoms with Gasteiger partial charge in [-0.1, -0.05) is 25.4 Å². The first-order valence-corrected chi connectivity index (χ1v) is 7.32. The second-order valence-electron chi connectivity index (χ2n) is 5.05. The molecule has 1 rings (SSSR count). The van der Waals surface area contributed by atoms with Crippen LogP contribution in [0.3, 0.4) is 0 Å². The maximum Gasteiger partial charge on any atom is 0.0803 e. The maximum absolute atomic E-state index is 6.21. The van der Waals surface area contributed by atoms with E-state index in [1.54, 1.807) is 19.5 Å². The largest absolute Gasteiger partial charge is 0.377 e. The molecule has 0 fully saturated rings. The first kappa shape index (κ1) is 16.4. The minimum absolute atomic E-state index is 0.193. The Morgan fingerprint density at radius 1 is 1.47 bits per heavy atom. The molecule has 0 aromatic carbocycles. The first-order valence-electron chi connectivity index (χ1n) is 6.94. The van der Waals surface area contributed by atoms with Gasteiger partial charge in [-0.3, -0.25) is 4.98 Å². The van der Waals surface area contributed by atoms with Crippen LogP contribution < -0.4 is 5.32 Å². The van der Waals surface area contributed by atoms with Crippen LogP contribution in [0.1, 0.15) is 39.2 Å². The van der Waals surface area contributed by atoms with Gasteiger partial charge in [0.1, 0.15) is 0 Å². The van der Waals surface area contributed by atoms with E-state index in [9.17, 15) is 0 Å². The number of nitrogens with one attached hydrogen (secondary N) is 1. The third kappa shape index (κ3) is 4.44. The van der Waals surface area contributed by atoms with Gasteiger partial charge in [0.15, 0.2) is 0 Å². The quantitative estimate of drug-likeness (QED) is 0.794. The molecule has 0 bridgehead atoms. The van der Waals surface area contributed by atoms with Gasteiger partial charge in [0.05, 0.1) is 10.6 Å². The Balaban J connectivity index is 2.88. The van der Waals surface area contributed by atoms with Gasteiger partial charge >= 0.3 is 0 Å². The molecule has 0 spiro atoms. The third-order valence-electron chi connectivity index (χ3n) is 3.83. The van der Waals surface area contributed by atoms with E-state index < -0.39 is 0 Å². The van der Waals surface area contributed by atoms with Gasteiger partial charge in [0, 0.05) is 25.5 Å². The van der Waals surface area contributed by atoms with Gasteiger partial charge < -0.3 is 10.1 Å². The molecule has 1 aromatic rings. The van der Waals surface area contributed by atoms with Crippen LogP contribution in [0.15, 0.2) is 18.5 Å². The molecule has 0 aliphatic rings. The van der Waals surface area contributed by atoms with Gasteiger partial charge in [-0.2, -0.15) is 0 Å². The number of nitrogens with zero attached hydrogens (tertiary/aromatic N) is 1. The smallest absolute Gasteiger partial charge is 0.0803 e. The van der Waals surface area contributed by atoms with Crippen LogP contribution in [-0.4, -0.2) is 30.3 Å². The van der Waals surface area contributed by atoms with Crippen molar-refractivity contribution in [3.63, 3.8) is 0 Å². The molecule has 2 atom stereocenters. The molecule has 0 amide bonds. The van der Waals surface area contributed by atoms with Crippen LogP contribution in [-0.2, 0) is 11.2 Å². The molecular weight excluding hydrogens is 260 g/mol. The lowest BCUT2D eigenvalue weighted by Gasteiger charge is -2.37. The highest BCUT2D eigenvalue weighted by Gasteiger charge is 2.32. The number of ether oxygens (including phenoxy) is 1. The van der Waals surface area contributed by atoms with Crippen molar-refractivity contribution in [2.24, 2.45) is 0 Å². The van der Waals surface area contributed by atoms with Crippen molar-refractivity contribution in [3.8, 4) is 0 Å². The van der Waals surface area contributed by atoms with E-state index >= 15 is 0 Å². The summed E-state index contributed by atoms with van der Waals surface area (Å²) in [5, 5.41) is 4.31. The second kappa shape index (κ2) is 7.83. The average Bonchev–Trinajstić information content (AvgIpc) is 2.44. The highest BCUT2D eigenvalue weighted by molar-refractivity contribution is 6.31. The van der Waals surface area contributed by atoms with E-state index in [-0.39, 0.29) is 11.6 Å². The van der Waals surface area contributed by atoms with E-state index in [2.05, 4.69) is 31.1 Å². The van der Waals surface area contributed by atoms with Gasteiger partial charge in [-0.15, -0.1) is 0 Å². The van der Waals surface area contributed by atoms with E-state index in [0.717, 1.165) is 36.4 Å². The van der Waals surface area contributed by atoms with Crippen molar-refractivity contribution in [2.75, 3.05) is 13.7 Å². The summed E-state index contributed by atoms with van der Waals surface area (Å²) in [6.45, 7) is 7.44. The molecular formula is C15H25ClN2O. The maximum atomic E-state index is 6.21. The SMILES string of the molecule is CCCNC(Cc1ccncc1Cl)C(C)(CC)OC. The van der Waals surface area contributed by atoms with E-state index in [0.29, 0.717) is 0 Å². The lowest BCUT2D eigenvalue weighted by Crippen LogP contribution is -2.51. The summed E-state index contributed by atoms with van der Waals surface area (Å²) in [5.41, 5.74) is 0.920. The van der Waals surface area contributed by atoms with Crippen molar-refractivity contribution in [2.45, 2.75) is 51.7 Å². The fourth-order valence-electron chi connectivity index (χ4n) is 2.14. The van der Waals surface area contributed by atoms with Crippen molar-refractivity contribution in [3.05, 3.63) is 29.0 Å². The summed E-state index contributed by atoms with van der Waals surface area (Å²) in [4.78, 5) is 4.03. The Kier molecular flexibility index (Phi) is 6.76. The normalized spacial score (nSPS) is 16.1. The number of halogens is 1. The van der Waals surface area contributed by atoms with Crippen LogP contribution in [0.25, 0.3) is 0 Å². The number of aromatic nitrogens is 1. The Labute approximate surface area is 121 Å². The van der Waals surface area contributed by atoms with Crippen LogP contribution in [0, 0.1) is 0 Å². The molecule has 0 aliphatic heterocycles. The Bertz CT molecular complexity index is 380. The zero-order valence-electron chi connectivity index (χ0n) is 12.4. The zero-order valence-corrected chi connectivity index (χ0v) is 13.1. The van der Waals surface area contributed by atoms with Crippen molar-refractivity contribution in [1.29, 1.82) is 0 Å². The zero-order chi connectivity index (χ0) is 14.3. The topological polar surface area (TPSA) is 34.2 Å². The summed E-state index contributed by atoms with van der Waals surface area (Å²) >= 11 is 6.21. The minimum atomic E-state index is -0.193. The molecule has 0 radical (unpaired) electrons. The van der Waals surface area contributed by atoms with Crippen LogP contribution >= 0.6 is 11.6 Å². The summed E-state index contributed by atoms with van der Waals surface area (Å²) in [6.07, 6.45) is 6.38. The van der Waals surface area contributed by atoms with E-state index in [1.807, 2.05) is 6.07 Å². The molecule has 0 saturated heterocycles. The molecule has 1 N–H and O–H groups in total. The summed E-state index contributed by atoms with van der Waals surface area (Å²) in [7, 11) is 1.78. The molecule has 108 valence electrons. The molecule has 4 heteroatoms. The van der Waals surface area contributed by atoms with Crippen LogP contribution in [0.2, 0.25) is 5.02 Å². The molecule has 2 unspecified atom stereocenters. The number of pyridine rings is 1. The first-order chi connectivity index (χ1) is 9.07. The van der Waals surface area contributed by atoms with E-state index in [4.69, 9.17) is 16.3 Å². The Morgan fingerprint density at radius 3 is 2.74 bits per heavy atom. The lowest BCUT2D eigenvalue weighted by molar-refractivity contribution is -0.0287. The third-order valence-corrected chi connectivity index (χ3v) is 4.17. The monoisotopic (exact) mass is 284 g/mol. The number of methoxy groups -OCH3 is 1. The van der Waals surface area contributed by atoms with Crippen LogP contribution in [0.4, 0.5) is 0 Å². The fourth-order valence-corrected chi connectivity index (χ4v) is 2.34. The lowest BCUT2D eigenvalue weighted by atomic mass is 9.88. The Hall–Kier alpha value is -0.640. The van der Waals surface area contributed by atoms with Gasteiger partial charge in [-0.05, 0) is 44.4 Å². The molecule has 0 aliphatic carbocycles. The number of hydrogen-bond acceptors (Lipinski definition) is 3. The molecule has 0 saturated carbocycles. The predicted molar refractivity (Wildman–Crippen MR) is 80.7 cm³/mol. The highest BCUT2D eigenvalue weighted by atomic mass is 35.5. The standard InChI is InChI=1S/C15H25ClN2O/c1-5-8-18-14(15(3,6-2)19-4)10-12-7-9-17-11-13(12)16/h7,9,11,14,18H,5-6,8,10H2,1-4H3. The second-order valence-corrected chi connectivity index (χ2v) is 5.46. The van der Waals surface area contributed by atoms with Gasteiger partial charge in [-0.25, -0.2) is 0 Å². The number of hydrogen-bond donors (Lipinski definition) is 1. The molecule has 19 heavy (non-hydrogen) atoms. The van der Waals surface area contributed by atoms with Crippen LogP contribution in [0.5, 0.6) is 0 Å². The summed E-state index contributed by atoms with van der Waals surface area (Å²) < 4.78 is 5.74. The highest BCUT2D eigenvalue weighted by Crippen LogP contribution is 2.25. The van der Waals surface area contributed by atoms with Crippen molar-refractivity contribution in [1.82, 2.24) is 10.3 Å². The minimum Gasteiger partial charge on any atom is -0.377 e. The molecule has 3 nitrogen and oxygen atoms in total. The van der Waals surface area contributed by atoms with Gasteiger partial charge in [0.25, 0.3) is 0 Å². The molecule has 1 heterocycles. The van der Waals surface area contributed by atoms with Crippen molar-refractivity contribution < 1.29 is 4.74 Å².